The van der Waals surface area contributed by atoms with Crippen molar-refractivity contribution in [1.29, 1.82) is 0 Å². The van der Waals surface area contributed by atoms with Crippen LogP contribution < -0.4 is 4.90 Å². The van der Waals surface area contributed by atoms with Gasteiger partial charge in [0.2, 0.25) is 5.91 Å². The van der Waals surface area contributed by atoms with Crippen molar-refractivity contribution in [1.82, 2.24) is 0 Å². The fraction of sp³-hybridized carbons (Fsp3) is 0.588. The first-order valence-electron chi connectivity index (χ1n) is 8.17. The molecular weight excluding hydrogens is 350 g/mol. The van der Waals surface area contributed by atoms with Crippen LogP contribution in [0.3, 0.4) is 0 Å². The summed E-state index contributed by atoms with van der Waals surface area (Å²) in [6.07, 6.45) is 0.953. The second-order valence-corrected chi connectivity index (χ2v) is 9.34. The molecule has 2 aliphatic heterocycles. The Bertz CT molecular complexity index is 737. The van der Waals surface area contributed by atoms with Gasteiger partial charge in [0.25, 0.3) is 0 Å². The molecule has 2 fully saturated rings. The zero-order chi connectivity index (χ0) is 17.5. The maximum Gasteiger partial charge on any atom is 0.227 e. The van der Waals surface area contributed by atoms with Crippen molar-refractivity contribution in [3.05, 3.63) is 28.8 Å². The van der Waals surface area contributed by atoms with Crippen LogP contribution >= 0.6 is 11.6 Å². The third kappa shape index (κ3) is 3.60. The van der Waals surface area contributed by atoms with Gasteiger partial charge in [-0.05, 0) is 43.9 Å². The number of halogens is 1. The number of nitrogens with zero attached hydrogens (tertiary/aromatic N) is 1. The molecule has 5 nitrogen and oxygen atoms in total. The highest BCUT2D eigenvalue weighted by atomic mass is 35.5. The molecule has 1 amide bonds. The second-order valence-electron chi connectivity index (χ2n) is 6.78. The molecular formula is C17H22ClNO4S. The summed E-state index contributed by atoms with van der Waals surface area (Å²) in [7, 11) is -2.93. The van der Waals surface area contributed by atoms with E-state index in [9.17, 15) is 13.2 Å². The number of anilines is 1. The Balaban J connectivity index is 1.84. The first-order chi connectivity index (χ1) is 11.3. The van der Waals surface area contributed by atoms with Crippen molar-refractivity contribution in [2.45, 2.75) is 38.8 Å². The number of rotatable bonds is 4. The third-order valence-electron chi connectivity index (χ3n) is 4.81. The molecule has 0 radical (unpaired) electrons. The molecule has 0 saturated carbocycles. The minimum Gasteiger partial charge on any atom is -0.376 e. The molecule has 0 unspecified atom stereocenters. The highest BCUT2D eigenvalue weighted by molar-refractivity contribution is 7.92. The number of amides is 1. The van der Waals surface area contributed by atoms with E-state index in [2.05, 4.69) is 0 Å². The number of benzene rings is 1. The largest absolute Gasteiger partial charge is 0.376 e. The smallest absolute Gasteiger partial charge is 0.227 e. The predicted octanol–water partition coefficient (Wildman–Crippen LogP) is 2.59. The molecule has 1 aromatic rings. The molecule has 0 bridgehead atoms. The molecule has 3 rings (SSSR count). The van der Waals surface area contributed by atoms with Gasteiger partial charge < -0.3 is 9.64 Å². The van der Waals surface area contributed by atoms with E-state index < -0.39 is 9.84 Å². The van der Waals surface area contributed by atoms with Gasteiger partial charge >= 0.3 is 0 Å². The van der Waals surface area contributed by atoms with E-state index in [0.717, 1.165) is 17.7 Å². The van der Waals surface area contributed by atoms with Crippen LogP contribution in [-0.2, 0) is 19.4 Å². The molecule has 7 heteroatoms. The molecule has 0 N–H and O–H groups in total. The number of hydrogen-bond donors (Lipinski definition) is 0. The van der Waals surface area contributed by atoms with Gasteiger partial charge in [-0.25, -0.2) is 8.42 Å². The average Bonchev–Trinajstić information content (AvgIpc) is 2.87. The van der Waals surface area contributed by atoms with Crippen molar-refractivity contribution in [3.63, 3.8) is 0 Å². The average molecular weight is 372 g/mol. The summed E-state index contributed by atoms with van der Waals surface area (Å²) in [5.74, 6) is 0.0799. The molecule has 0 spiro atoms. The lowest BCUT2D eigenvalue weighted by molar-refractivity contribution is -0.120. The van der Waals surface area contributed by atoms with Crippen LogP contribution in [0.5, 0.6) is 0 Å². The molecule has 132 valence electrons. The highest BCUT2D eigenvalue weighted by Gasteiger charge is 2.39. The molecule has 2 atom stereocenters. The van der Waals surface area contributed by atoms with E-state index in [-0.39, 0.29) is 41.9 Å². The van der Waals surface area contributed by atoms with E-state index in [1.165, 1.54) is 0 Å². The minimum absolute atomic E-state index is 0.0482. The number of sulfone groups is 1. The van der Waals surface area contributed by atoms with Crippen LogP contribution in [0.15, 0.2) is 18.2 Å². The van der Waals surface area contributed by atoms with E-state index >= 15 is 0 Å². The van der Waals surface area contributed by atoms with Crippen molar-refractivity contribution in [2.24, 2.45) is 5.92 Å². The maximum atomic E-state index is 12.9. The van der Waals surface area contributed by atoms with Crippen LogP contribution in [0.1, 0.15) is 25.3 Å². The van der Waals surface area contributed by atoms with Crippen molar-refractivity contribution in [2.75, 3.05) is 23.0 Å². The van der Waals surface area contributed by atoms with Crippen molar-refractivity contribution in [3.8, 4) is 0 Å². The highest BCUT2D eigenvalue weighted by Crippen LogP contribution is 2.31. The Morgan fingerprint density at radius 1 is 1.38 bits per heavy atom. The summed E-state index contributed by atoms with van der Waals surface area (Å²) in [6.45, 7) is 4.49. The van der Waals surface area contributed by atoms with E-state index in [4.69, 9.17) is 16.3 Å². The zero-order valence-corrected chi connectivity index (χ0v) is 15.4. The van der Waals surface area contributed by atoms with Crippen LogP contribution in [0, 0.1) is 12.8 Å². The number of carbonyl (C=O) groups is 1. The van der Waals surface area contributed by atoms with Crippen molar-refractivity contribution >= 4 is 33.0 Å². The molecule has 1 aromatic carbocycles. The summed E-state index contributed by atoms with van der Waals surface area (Å²) >= 11 is 6.24. The number of aryl methyl sites for hydroxylation is 1. The van der Waals surface area contributed by atoms with Crippen LogP contribution in [0.4, 0.5) is 5.69 Å². The lowest BCUT2D eigenvalue weighted by Gasteiger charge is -2.34. The van der Waals surface area contributed by atoms with E-state index in [1.54, 1.807) is 11.0 Å². The van der Waals surface area contributed by atoms with Gasteiger partial charge in [0.05, 0.1) is 23.7 Å². The molecule has 2 aliphatic rings. The van der Waals surface area contributed by atoms with Gasteiger partial charge in [0, 0.05) is 23.7 Å². The Hall–Kier alpha value is -1.11. The Labute approximate surface area is 147 Å². The van der Waals surface area contributed by atoms with Crippen molar-refractivity contribution < 1.29 is 17.9 Å². The molecule has 0 aromatic heterocycles. The molecule has 24 heavy (non-hydrogen) atoms. The SMILES string of the molecule is Cc1ccc(N(C(=O)CC2CS(=O)(=O)C2)[C@H]2CCO[C@H]2C)cc1Cl. The van der Waals surface area contributed by atoms with Crippen LogP contribution in [-0.4, -0.2) is 44.6 Å². The summed E-state index contributed by atoms with van der Waals surface area (Å²) in [5.41, 5.74) is 1.70. The molecule has 0 aliphatic carbocycles. The normalized spacial score (nSPS) is 26.1. The van der Waals surface area contributed by atoms with Gasteiger partial charge in [0.15, 0.2) is 9.84 Å². The van der Waals surface area contributed by atoms with Gasteiger partial charge in [-0.1, -0.05) is 17.7 Å². The van der Waals surface area contributed by atoms with Crippen LogP contribution in [0.2, 0.25) is 5.02 Å². The van der Waals surface area contributed by atoms with Crippen LogP contribution in [0.25, 0.3) is 0 Å². The Morgan fingerprint density at radius 3 is 2.62 bits per heavy atom. The van der Waals surface area contributed by atoms with Gasteiger partial charge in [-0.15, -0.1) is 0 Å². The summed E-state index contributed by atoms with van der Waals surface area (Å²) in [6, 6.07) is 5.54. The standard InChI is InChI=1S/C17H22ClNO4S/c1-11-3-4-14(8-15(11)18)19(16-5-6-23-12(16)2)17(20)7-13-9-24(21,22)10-13/h3-4,8,12-13,16H,5-7,9-10H2,1-2H3/t12-,16-/m0/s1. The van der Waals surface area contributed by atoms with E-state index in [1.807, 2.05) is 26.0 Å². The van der Waals surface area contributed by atoms with E-state index in [0.29, 0.717) is 11.6 Å². The quantitative estimate of drug-likeness (QED) is 0.816. The number of ether oxygens (including phenoxy) is 1. The fourth-order valence-corrected chi connectivity index (χ4v) is 5.19. The van der Waals surface area contributed by atoms with Gasteiger partial charge in [-0.2, -0.15) is 0 Å². The predicted molar refractivity (Wildman–Crippen MR) is 94.3 cm³/mol. The monoisotopic (exact) mass is 371 g/mol. The lowest BCUT2D eigenvalue weighted by atomic mass is 10.0. The summed E-state index contributed by atoms with van der Waals surface area (Å²) < 4.78 is 28.3. The molecule has 2 saturated heterocycles. The minimum atomic E-state index is -2.93. The maximum absolute atomic E-state index is 12.9. The van der Waals surface area contributed by atoms with Gasteiger partial charge in [0.1, 0.15) is 0 Å². The summed E-state index contributed by atoms with van der Waals surface area (Å²) in [5, 5.41) is 0.614. The Morgan fingerprint density at radius 2 is 2.08 bits per heavy atom. The molecule has 2 heterocycles. The number of carbonyl (C=O) groups excluding carboxylic acids is 1. The third-order valence-corrected chi connectivity index (χ3v) is 7.18. The second kappa shape index (κ2) is 6.65. The first kappa shape index (κ1) is 17.7. The first-order valence-corrected chi connectivity index (χ1v) is 10.4. The van der Waals surface area contributed by atoms with Gasteiger partial charge in [-0.3, -0.25) is 4.79 Å². The summed E-state index contributed by atoms with van der Waals surface area (Å²) in [4.78, 5) is 14.7. The lowest BCUT2D eigenvalue weighted by Crippen LogP contribution is -2.47. The zero-order valence-electron chi connectivity index (χ0n) is 13.9. The number of hydrogen-bond acceptors (Lipinski definition) is 4. The topological polar surface area (TPSA) is 63.7 Å². The Kier molecular flexibility index (Phi) is 4.91. The fourth-order valence-electron chi connectivity index (χ4n) is 3.44.